The van der Waals surface area contributed by atoms with Gasteiger partial charge < -0.3 is 5.32 Å². The minimum absolute atomic E-state index is 1.08. The second kappa shape index (κ2) is 2.98. The number of allylic oxidation sites excluding steroid dienone is 2. The highest BCUT2D eigenvalue weighted by atomic mass is 14.9. The third kappa shape index (κ3) is 1.07. The molecule has 1 aromatic rings. The van der Waals surface area contributed by atoms with Crippen LogP contribution in [0.25, 0.3) is 5.70 Å². The maximum absolute atomic E-state index is 4.45. The molecule has 3 rings (SSSR count). The van der Waals surface area contributed by atoms with Crippen LogP contribution >= 0.6 is 0 Å². The van der Waals surface area contributed by atoms with E-state index in [0.29, 0.717) is 0 Å². The van der Waals surface area contributed by atoms with Gasteiger partial charge in [0.1, 0.15) is 0 Å². The fraction of sp³-hybridized carbons (Fsp3) is 0.250. The molecule has 1 N–H and O–H groups in total. The first-order chi connectivity index (χ1) is 6.95. The van der Waals surface area contributed by atoms with Crippen molar-refractivity contribution in [3.63, 3.8) is 0 Å². The van der Waals surface area contributed by atoms with E-state index in [0.717, 1.165) is 18.5 Å². The summed E-state index contributed by atoms with van der Waals surface area (Å²) in [6.45, 7) is 0. The van der Waals surface area contributed by atoms with Gasteiger partial charge in [0, 0.05) is 6.20 Å². The first kappa shape index (κ1) is 7.80. The standard InChI is InChI=1S/C12H12N2/c1-3-9-5-6-10-4-2-8-14-12(10)11(9)13-7-1/h1-3,7-8,14H,4-6H2. The average Bonchev–Trinajstić information content (AvgIpc) is 2.29. The molecule has 0 radical (unpaired) electrons. The van der Waals surface area contributed by atoms with Crippen molar-refractivity contribution in [2.75, 3.05) is 0 Å². The number of pyridine rings is 1. The number of aryl methyl sites for hydroxylation is 1. The SMILES string of the molecule is C1=CNC2=C(C1)CCc1cccnc12. The zero-order valence-corrected chi connectivity index (χ0v) is 7.96. The topological polar surface area (TPSA) is 24.9 Å². The van der Waals surface area contributed by atoms with Gasteiger partial charge >= 0.3 is 0 Å². The summed E-state index contributed by atoms with van der Waals surface area (Å²) in [7, 11) is 0. The van der Waals surface area contributed by atoms with Crippen LogP contribution in [0.5, 0.6) is 0 Å². The number of fused-ring (bicyclic) bond motifs is 2. The van der Waals surface area contributed by atoms with Gasteiger partial charge in [-0.1, -0.05) is 12.1 Å². The van der Waals surface area contributed by atoms with E-state index >= 15 is 0 Å². The molecule has 1 aliphatic heterocycles. The van der Waals surface area contributed by atoms with E-state index in [1.165, 1.54) is 23.3 Å². The molecule has 0 saturated heterocycles. The van der Waals surface area contributed by atoms with Gasteiger partial charge in [-0.05, 0) is 42.7 Å². The molecule has 0 aromatic carbocycles. The van der Waals surface area contributed by atoms with Crippen molar-refractivity contribution in [3.05, 3.63) is 47.4 Å². The number of rotatable bonds is 0. The minimum Gasteiger partial charge on any atom is -0.360 e. The third-order valence-corrected chi connectivity index (χ3v) is 2.89. The molecule has 2 nitrogen and oxygen atoms in total. The number of nitrogens with one attached hydrogen (secondary N) is 1. The molecule has 2 heteroatoms. The third-order valence-electron chi connectivity index (χ3n) is 2.89. The maximum Gasteiger partial charge on any atom is 0.0895 e. The van der Waals surface area contributed by atoms with E-state index < -0.39 is 0 Å². The Kier molecular flexibility index (Phi) is 1.66. The summed E-state index contributed by atoms with van der Waals surface area (Å²) >= 11 is 0. The zero-order chi connectivity index (χ0) is 9.38. The Bertz CT molecular complexity index is 430. The van der Waals surface area contributed by atoms with Gasteiger partial charge in [-0.3, -0.25) is 4.98 Å². The van der Waals surface area contributed by atoms with Gasteiger partial charge in [0.05, 0.1) is 11.4 Å². The summed E-state index contributed by atoms with van der Waals surface area (Å²) < 4.78 is 0. The van der Waals surface area contributed by atoms with Crippen LogP contribution in [0.1, 0.15) is 24.1 Å². The number of hydrogen-bond acceptors (Lipinski definition) is 2. The van der Waals surface area contributed by atoms with E-state index in [4.69, 9.17) is 0 Å². The Morgan fingerprint density at radius 3 is 3.29 bits per heavy atom. The quantitative estimate of drug-likeness (QED) is 0.669. The van der Waals surface area contributed by atoms with E-state index in [-0.39, 0.29) is 0 Å². The summed E-state index contributed by atoms with van der Waals surface area (Å²) in [5, 5.41) is 3.31. The van der Waals surface area contributed by atoms with Crippen LogP contribution in [0.4, 0.5) is 0 Å². The molecule has 2 aliphatic rings. The highest BCUT2D eigenvalue weighted by molar-refractivity contribution is 5.70. The van der Waals surface area contributed by atoms with Crippen LogP contribution in [0.15, 0.2) is 36.2 Å². The lowest BCUT2D eigenvalue weighted by atomic mass is 9.90. The molecule has 1 aliphatic carbocycles. The molecule has 0 spiro atoms. The summed E-state index contributed by atoms with van der Waals surface area (Å²) in [5.74, 6) is 0. The lowest BCUT2D eigenvalue weighted by Gasteiger charge is -2.24. The number of nitrogens with zero attached hydrogens (tertiary/aromatic N) is 1. The number of hydrogen-bond donors (Lipinski definition) is 1. The lowest BCUT2D eigenvalue weighted by molar-refractivity contribution is 0.842. The van der Waals surface area contributed by atoms with Gasteiger partial charge in [0.2, 0.25) is 0 Å². The molecule has 70 valence electrons. The van der Waals surface area contributed by atoms with Crippen molar-refractivity contribution >= 4 is 5.70 Å². The highest BCUT2D eigenvalue weighted by Crippen LogP contribution is 2.31. The largest absolute Gasteiger partial charge is 0.360 e. The molecule has 1 aromatic heterocycles. The van der Waals surface area contributed by atoms with E-state index in [9.17, 15) is 0 Å². The van der Waals surface area contributed by atoms with Gasteiger partial charge in [-0.2, -0.15) is 0 Å². The molecule has 14 heavy (non-hydrogen) atoms. The van der Waals surface area contributed by atoms with Gasteiger partial charge in [0.15, 0.2) is 0 Å². The van der Waals surface area contributed by atoms with Crippen molar-refractivity contribution in [2.45, 2.75) is 19.3 Å². The predicted octanol–water partition coefficient (Wildman–Crippen LogP) is 2.25. The summed E-state index contributed by atoms with van der Waals surface area (Å²) in [6.07, 6.45) is 9.45. The molecule has 0 unspecified atom stereocenters. The second-order valence-corrected chi connectivity index (χ2v) is 3.74. The number of aromatic nitrogens is 1. The molecular formula is C12H12N2. The first-order valence-electron chi connectivity index (χ1n) is 5.03. The van der Waals surface area contributed by atoms with E-state index in [2.05, 4.69) is 22.4 Å². The Morgan fingerprint density at radius 2 is 2.29 bits per heavy atom. The fourth-order valence-corrected chi connectivity index (χ4v) is 2.16. The molecule has 0 fully saturated rings. The summed E-state index contributed by atoms with van der Waals surface area (Å²) in [6, 6.07) is 4.19. The minimum atomic E-state index is 1.08. The van der Waals surface area contributed by atoms with Crippen LogP contribution in [-0.4, -0.2) is 4.98 Å². The average molecular weight is 184 g/mol. The second-order valence-electron chi connectivity index (χ2n) is 3.74. The van der Waals surface area contributed by atoms with Crippen molar-refractivity contribution in [1.82, 2.24) is 10.3 Å². The van der Waals surface area contributed by atoms with Gasteiger partial charge in [0.25, 0.3) is 0 Å². The molecule has 0 saturated carbocycles. The normalized spacial score (nSPS) is 18.6. The van der Waals surface area contributed by atoms with Crippen LogP contribution in [0, 0.1) is 0 Å². The molecular weight excluding hydrogens is 172 g/mol. The Morgan fingerprint density at radius 1 is 1.29 bits per heavy atom. The molecule has 0 atom stereocenters. The van der Waals surface area contributed by atoms with E-state index in [1.54, 1.807) is 0 Å². The predicted molar refractivity (Wildman–Crippen MR) is 56.4 cm³/mol. The van der Waals surface area contributed by atoms with Crippen LogP contribution in [-0.2, 0) is 6.42 Å². The zero-order valence-electron chi connectivity index (χ0n) is 7.96. The van der Waals surface area contributed by atoms with Crippen molar-refractivity contribution in [1.29, 1.82) is 0 Å². The van der Waals surface area contributed by atoms with Gasteiger partial charge in [-0.15, -0.1) is 0 Å². The van der Waals surface area contributed by atoms with Crippen LogP contribution < -0.4 is 5.32 Å². The van der Waals surface area contributed by atoms with Crippen molar-refractivity contribution in [2.24, 2.45) is 0 Å². The first-order valence-corrected chi connectivity index (χ1v) is 5.03. The molecule has 0 amide bonds. The molecule has 0 bridgehead atoms. The Labute approximate surface area is 83.4 Å². The summed E-state index contributed by atoms with van der Waals surface area (Å²) in [5.41, 5.74) is 5.26. The highest BCUT2D eigenvalue weighted by Gasteiger charge is 2.19. The summed E-state index contributed by atoms with van der Waals surface area (Å²) in [4.78, 5) is 4.45. The Hall–Kier alpha value is -1.57. The van der Waals surface area contributed by atoms with Gasteiger partial charge in [-0.25, -0.2) is 0 Å². The number of dihydropyridines is 1. The van der Waals surface area contributed by atoms with Crippen molar-refractivity contribution in [3.8, 4) is 0 Å². The Balaban J connectivity index is 2.14. The van der Waals surface area contributed by atoms with Crippen LogP contribution in [0.2, 0.25) is 0 Å². The monoisotopic (exact) mass is 184 g/mol. The van der Waals surface area contributed by atoms with Crippen molar-refractivity contribution < 1.29 is 0 Å². The fourth-order valence-electron chi connectivity index (χ4n) is 2.16. The molecule has 2 heterocycles. The van der Waals surface area contributed by atoms with Crippen LogP contribution in [0.3, 0.4) is 0 Å². The lowest BCUT2D eigenvalue weighted by Crippen LogP contribution is -2.17. The smallest absolute Gasteiger partial charge is 0.0895 e. The maximum atomic E-state index is 4.45. The van der Waals surface area contributed by atoms with E-state index in [1.807, 2.05) is 18.5 Å².